The van der Waals surface area contributed by atoms with Gasteiger partial charge in [0.1, 0.15) is 0 Å². The van der Waals surface area contributed by atoms with Gasteiger partial charge in [0.05, 0.1) is 0 Å². The molecule has 0 saturated heterocycles. The van der Waals surface area contributed by atoms with Crippen molar-refractivity contribution < 1.29 is 0 Å². The molecule has 0 saturated carbocycles. The van der Waals surface area contributed by atoms with E-state index in [1.807, 2.05) is 12.1 Å². The van der Waals surface area contributed by atoms with E-state index in [-0.39, 0.29) is 5.54 Å². The molecule has 1 nitrogen and oxygen atoms in total. The van der Waals surface area contributed by atoms with Gasteiger partial charge in [0, 0.05) is 17.1 Å². The Kier molecular flexibility index (Phi) is 6.09. The number of benzene rings is 1. The van der Waals surface area contributed by atoms with E-state index in [0.717, 1.165) is 18.0 Å². The van der Waals surface area contributed by atoms with E-state index < -0.39 is 0 Å². The van der Waals surface area contributed by atoms with Crippen LogP contribution in [-0.2, 0) is 0 Å². The predicted molar refractivity (Wildman–Crippen MR) is 90.6 cm³/mol. The van der Waals surface area contributed by atoms with Crippen molar-refractivity contribution in [1.29, 1.82) is 0 Å². The summed E-state index contributed by atoms with van der Waals surface area (Å²) < 4.78 is 0. The molecule has 114 valence electrons. The maximum Gasteiger partial charge on any atom is 0.0441 e. The first kappa shape index (κ1) is 17.5. The molecular formula is C18H30ClN. The van der Waals surface area contributed by atoms with Gasteiger partial charge < -0.3 is 5.32 Å². The van der Waals surface area contributed by atoms with Crippen LogP contribution in [0.5, 0.6) is 0 Å². The zero-order chi connectivity index (χ0) is 15.4. The summed E-state index contributed by atoms with van der Waals surface area (Å²) in [6, 6.07) is 8.25. The quantitative estimate of drug-likeness (QED) is 0.741. The average Bonchev–Trinajstić information content (AvgIpc) is 2.28. The fourth-order valence-corrected chi connectivity index (χ4v) is 2.50. The van der Waals surface area contributed by atoms with Crippen LogP contribution in [-0.4, -0.2) is 12.1 Å². The van der Waals surface area contributed by atoms with Crippen LogP contribution in [0.25, 0.3) is 0 Å². The summed E-state index contributed by atoms with van der Waals surface area (Å²) in [5, 5.41) is 4.52. The third kappa shape index (κ3) is 6.76. The fourth-order valence-electron chi connectivity index (χ4n) is 2.21. The van der Waals surface area contributed by atoms with Gasteiger partial charge in [-0.05, 0) is 56.6 Å². The van der Waals surface area contributed by atoms with Crippen molar-refractivity contribution in [3.63, 3.8) is 0 Å². The molecule has 1 atom stereocenters. The molecule has 0 bridgehead atoms. The normalized spacial score (nSPS) is 14.3. The Morgan fingerprint density at radius 2 is 1.65 bits per heavy atom. The second-order valence-electron chi connectivity index (χ2n) is 7.95. The molecule has 0 fully saturated rings. The van der Waals surface area contributed by atoms with Crippen LogP contribution in [0.15, 0.2) is 24.3 Å². The summed E-state index contributed by atoms with van der Waals surface area (Å²) in [6.45, 7) is 14.5. The third-order valence-corrected chi connectivity index (χ3v) is 3.81. The van der Waals surface area contributed by atoms with Gasteiger partial charge in [-0.2, -0.15) is 0 Å². The summed E-state index contributed by atoms with van der Waals surface area (Å²) in [6.07, 6.45) is 2.37. The lowest BCUT2D eigenvalue weighted by Crippen LogP contribution is -2.38. The topological polar surface area (TPSA) is 12.0 Å². The SMILES string of the molecule is CC(C)(C)CCC(CNC(C)(C)C)c1ccccc1Cl. The van der Waals surface area contributed by atoms with Gasteiger partial charge in [-0.3, -0.25) is 0 Å². The Labute approximate surface area is 130 Å². The average molecular weight is 296 g/mol. The molecule has 1 unspecified atom stereocenters. The summed E-state index contributed by atoms with van der Waals surface area (Å²) in [5.41, 5.74) is 1.78. The molecule has 0 radical (unpaired) electrons. The molecule has 0 aliphatic heterocycles. The lowest BCUT2D eigenvalue weighted by Gasteiger charge is -2.28. The van der Waals surface area contributed by atoms with Crippen LogP contribution in [0.3, 0.4) is 0 Å². The minimum Gasteiger partial charge on any atom is -0.311 e. The van der Waals surface area contributed by atoms with Crippen LogP contribution in [0, 0.1) is 5.41 Å². The maximum absolute atomic E-state index is 6.39. The standard InChI is InChI=1S/C18H30ClN/c1-17(2,3)12-11-14(13-20-18(4,5)6)15-9-7-8-10-16(15)19/h7-10,14,20H,11-13H2,1-6H3. The number of rotatable bonds is 5. The van der Waals surface area contributed by atoms with Gasteiger partial charge in [-0.1, -0.05) is 50.6 Å². The van der Waals surface area contributed by atoms with Gasteiger partial charge in [-0.25, -0.2) is 0 Å². The van der Waals surface area contributed by atoms with Gasteiger partial charge in [-0.15, -0.1) is 0 Å². The Morgan fingerprint density at radius 1 is 1.05 bits per heavy atom. The van der Waals surface area contributed by atoms with Crippen LogP contribution in [0.4, 0.5) is 0 Å². The summed E-state index contributed by atoms with van der Waals surface area (Å²) in [7, 11) is 0. The van der Waals surface area contributed by atoms with Gasteiger partial charge in [0.25, 0.3) is 0 Å². The maximum atomic E-state index is 6.39. The zero-order valence-electron chi connectivity index (χ0n) is 13.9. The van der Waals surface area contributed by atoms with E-state index in [4.69, 9.17) is 11.6 Å². The van der Waals surface area contributed by atoms with Crippen LogP contribution in [0.1, 0.15) is 65.9 Å². The van der Waals surface area contributed by atoms with Crippen molar-refractivity contribution in [2.24, 2.45) is 5.41 Å². The molecule has 0 aromatic heterocycles. The molecule has 20 heavy (non-hydrogen) atoms. The first-order valence-electron chi connectivity index (χ1n) is 7.58. The van der Waals surface area contributed by atoms with Crippen LogP contribution >= 0.6 is 11.6 Å². The van der Waals surface area contributed by atoms with Gasteiger partial charge in [0.2, 0.25) is 0 Å². The molecule has 0 aliphatic carbocycles. The number of hydrogen-bond acceptors (Lipinski definition) is 1. The molecule has 1 aromatic rings. The second kappa shape index (κ2) is 6.95. The first-order valence-corrected chi connectivity index (χ1v) is 7.96. The van der Waals surface area contributed by atoms with E-state index in [9.17, 15) is 0 Å². The predicted octanol–water partition coefficient (Wildman–Crippen LogP) is 5.64. The summed E-state index contributed by atoms with van der Waals surface area (Å²) >= 11 is 6.39. The second-order valence-corrected chi connectivity index (χ2v) is 8.36. The van der Waals surface area contributed by atoms with Crippen molar-refractivity contribution in [2.45, 2.75) is 65.8 Å². The number of hydrogen-bond donors (Lipinski definition) is 1. The number of nitrogens with one attached hydrogen (secondary N) is 1. The number of halogens is 1. The fraction of sp³-hybridized carbons (Fsp3) is 0.667. The Morgan fingerprint density at radius 3 is 2.15 bits per heavy atom. The van der Waals surface area contributed by atoms with Gasteiger partial charge >= 0.3 is 0 Å². The van der Waals surface area contributed by atoms with Crippen molar-refractivity contribution in [1.82, 2.24) is 5.32 Å². The van der Waals surface area contributed by atoms with Crippen molar-refractivity contribution in [2.75, 3.05) is 6.54 Å². The monoisotopic (exact) mass is 295 g/mol. The van der Waals surface area contributed by atoms with Gasteiger partial charge in [0.15, 0.2) is 0 Å². The van der Waals surface area contributed by atoms with Crippen LogP contribution < -0.4 is 5.32 Å². The lowest BCUT2D eigenvalue weighted by atomic mass is 9.84. The third-order valence-electron chi connectivity index (χ3n) is 3.47. The van der Waals surface area contributed by atoms with E-state index in [1.165, 1.54) is 12.0 Å². The molecule has 1 aromatic carbocycles. The summed E-state index contributed by atoms with van der Waals surface area (Å²) in [5.74, 6) is 0.474. The van der Waals surface area contributed by atoms with E-state index in [0.29, 0.717) is 11.3 Å². The molecule has 0 aliphatic rings. The largest absolute Gasteiger partial charge is 0.311 e. The lowest BCUT2D eigenvalue weighted by molar-refractivity contribution is 0.330. The van der Waals surface area contributed by atoms with E-state index in [2.05, 4.69) is 59.0 Å². The molecule has 1 N–H and O–H groups in total. The highest BCUT2D eigenvalue weighted by molar-refractivity contribution is 6.31. The molecule has 2 heteroatoms. The van der Waals surface area contributed by atoms with Crippen molar-refractivity contribution in [3.8, 4) is 0 Å². The van der Waals surface area contributed by atoms with E-state index in [1.54, 1.807) is 0 Å². The van der Waals surface area contributed by atoms with E-state index >= 15 is 0 Å². The smallest absolute Gasteiger partial charge is 0.0441 e. The Balaban J connectivity index is 2.82. The molecule has 0 amide bonds. The zero-order valence-corrected chi connectivity index (χ0v) is 14.6. The Bertz CT molecular complexity index is 394. The van der Waals surface area contributed by atoms with Crippen LogP contribution in [0.2, 0.25) is 5.02 Å². The minimum atomic E-state index is 0.140. The van der Waals surface area contributed by atoms with Crippen molar-refractivity contribution in [3.05, 3.63) is 34.9 Å². The first-order chi connectivity index (χ1) is 9.08. The molecule has 1 rings (SSSR count). The minimum absolute atomic E-state index is 0.140. The molecule has 0 heterocycles. The summed E-state index contributed by atoms with van der Waals surface area (Å²) in [4.78, 5) is 0. The molecular weight excluding hydrogens is 266 g/mol. The Hall–Kier alpha value is -0.530. The highest BCUT2D eigenvalue weighted by atomic mass is 35.5. The highest BCUT2D eigenvalue weighted by Crippen LogP contribution is 2.32. The molecule has 0 spiro atoms. The van der Waals surface area contributed by atoms with Crippen molar-refractivity contribution >= 4 is 11.6 Å². The highest BCUT2D eigenvalue weighted by Gasteiger charge is 2.20.